The molecule has 0 N–H and O–H groups in total. The minimum atomic E-state index is -2.80. The molecule has 0 unspecified atom stereocenters. The first-order valence-corrected chi connectivity index (χ1v) is 18.4. The second-order valence-electron chi connectivity index (χ2n) is 7.06. The van der Waals surface area contributed by atoms with Crippen molar-refractivity contribution in [3.05, 3.63) is 34.2 Å². The summed E-state index contributed by atoms with van der Waals surface area (Å²) in [4.78, 5) is 0. The van der Waals surface area contributed by atoms with Crippen LogP contribution in [0, 0.1) is 0 Å². The van der Waals surface area contributed by atoms with Crippen LogP contribution >= 0.6 is 0 Å². The second-order valence-corrected chi connectivity index (χ2v) is 21.2. The van der Waals surface area contributed by atoms with Gasteiger partial charge in [-0.25, -0.2) is 0 Å². The quantitative estimate of drug-likeness (QED) is 0.438. The lowest BCUT2D eigenvalue weighted by molar-refractivity contribution is 0.819. The van der Waals surface area contributed by atoms with Crippen LogP contribution in [0.4, 0.5) is 12.3 Å². The average Bonchev–Trinajstić information content (AvgIpc) is 2.18. The van der Waals surface area contributed by atoms with Gasteiger partial charge >= 0.3 is 0 Å². The molecule has 0 aliphatic heterocycles. The molecule has 0 fully saturated rings. The zero-order valence-electron chi connectivity index (χ0n) is 13.6. The van der Waals surface area contributed by atoms with Crippen molar-refractivity contribution in [1.29, 1.82) is 0 Å². The Morgan fingerprint density at radius 3 is 0.800 bits per heavy atom. The number of rotatable bonds is 6. The molecule has 0 amide bonds. The van der Waals surface area contributed by atoms with Gasteiger partial charge in [-0.15, -0.1) is 0 Å². The number of halogens is 3. The Morgan fingerprint density at radius 1 is 0.450 bits per heavy atom. The van der Waals surface area contributed by atoms with E-state index in [-0.39, 0.29) is 0 Å². The van der Waals surface area contributed by atoms with E-state index in [9.17, 15) is 12.3 Å². The van der Waals surface area contributed by atoms with Crippen molar-refractivity contribution in [2.45, 2.75) is 45.8 Å². The molecule has 0 aliphatic rings. The summed E-state index contributed by atoms with van der Waals surface area (Å²) in [5.74, 6) is 0. The Hall–Kier alpha value is -0.122. The van der Waals surface area contributed by atoms with E-state index in [2.05, 4.69) is 0 Å². The first-order chi connectivity index (χ1) is 8.62. The van der Waals surface area contributed by atoms with Crippen molar-refractivity contribution in [2.75, 3.05) is 0 Å². The van der Waals surface area contributed by atoms with Crippen LogP contribution in [0.5, 0.6) is 0 Å². The van der Waals surface area contributed by atoms with E-state index in [0.717, 1.165) is 0 Å². The summed E-state index contributed by atoms with van der Waals surface area (Å²) in [5, 5.41) is 0. The summed E-state index contributed by atoms with van der Waals surface area (Å²) < 4.78 is 41.3. The molecule has 0 heterocycles. The predicted octanol–water partition coefficient (Wildman–Crippen LogP) is 5.49. The summed E-state index contributed by atoms with van der Waals surface area (Å²) in [6.45, 7) is 11.6. The van der Waals surface area contributed by atoms with Gasteiger partial charge in [0.15, 0.2) is 0 Å². The first kappa shape index (κ1) is 19.9. The molecule has 0 saturated carbocycles. The van der Waals surface area contributed by atoms with Crippen LogP contribution in [0.1, 0.15) is 0 Å². The molecule has 0 spiro atoms. The van der Waals surface area contributed by atoms with Crippen molar-refractivity contribution >= 4 is 33.3 Å². The van der Waals surface area contributed by atoms with Crippen LogP contribution in [0.15, 0.2) is 34.2 Å². The zero-order valence-corrected chi connectivity index (χ0v) is 17.6. The summed E-state index contributed by atoms with van der Waals surface area (Å²) >= 11 is 0. The van der Waals surface area contributed by atoms with Gasteiger partial charge in [0.25, 0.3) is 25.2 Å². The molecule has 0 radical (unpaired) electrons. The van der Waals surface area contributed by atoms with Gasteiger partial charge in [-0.3, -0.25) is 0 Å². The largest absolute Gasteiger partial charge is 0.309 e. The highest BCUT2D eigenvalue weighted by atomic mass is 28.4. The maximum absolute atomic E-state index is 13.8. The van der Waals surface area contributed by atoms with Crippen molar-refractivity contribution in [2.24, 2.45) is 0 Å². The van der Waals surface area contributed by atoms with E-state index < -0.39 is 33.3 Å². The fourth-order valence-corrected chi connectivity index (χ4v) is 10.7. The maximum Gasteiger partial charge on any atom is 0.263 e. The molecular weight excluding hydrogens is 325 g/mol. The van der Waals surface area contributed by atoms with Gasteiger partial charge in [-0.2, -0.15) is 0 Å². The lowest BCUT2D eigenvalue weighted by Gasteiger charge is -2.18. The second kappa shape index (κ2) is 6.76. The van der Waals surface area contributed by atoms with Crippen molar-refractivity contribution < 1.29 is 12.3 Å². The highest BCUT2D eigenvalue weighted by Gasteiger charge is 2.25. The molecule has 0 saturated heterocycles. The molecule has 0 nitrogen and oxygen atoms in total. The van der Waals surface area contributed by atoms with Crippen LogP contribution < -0.4 is 0 Å². The highest BCUT2D eigenvalue weighted by molar-refractivity contribution is 6.95. The standard InChI is InChI=1S/C13H27F3Si4/c1-17(2,14)8-11-20(7,12-9-18(3,4)15)13-10-19(5,6)16/h8-13H,1-7H3. The fourth-order valence-electron chi connectivity index (χ4n) is 1.30. The molecule has 116 valence electrons. The van der Waals surface area contributed by atoms with Crippen LogP contribution in [0.2, 0.25) is 45.8 Å². The van der Waals surface area contributed by atoms with Crippen LogP contribution in [-0.4, -0.2) is 33.3 Å². The van der Waals surface area contributed by atoms with E-state index in [0.29, 0.717) is 0 Å². The Balaban J connectivity index is 5.41. The first-order valence-electron chi connectivity index (χ1n) is 6.80. The highest BCUT2D eigenvalue weighted by Crippen LogP contribution is 2.18. The molecule has 0 aliphatic carbocycles. The third-order valence-corrected chi connectivity index (χ3v) is 9.05. The smallest absolute Gasteiger partial charge is 0.263 e. The summed E-state index contributed by atoms with van der Waals surface area (Å²) in [6, 6.07) is 0. The van der Waals surface area contributed by atoms with E-state index in [1.54, 1.807) is 56.4 Å². The van der Waals surface area contributed by atoms with E-state index in [4.69, 9.17) is 0 Å². The maximum atomic E-state index is 13.8. The number of hydrogen-bond donors (Lipinski definition) is 0. The third-order valence-electron chi connectivity index (χ3n) is 2.52. The minimum Gasteiger partial charge on any atom is -0.309 e. The predicted molar refractivity (Wildman–Crippen MR) is 94.8 cm³/mol. The average molecular weight is 353 g/mol. The van der Waals surface area contributed by atoms with Gasteiger partial charge in [0.05, 0.1) is 0 Å². The van der Waals surface area contributed by atoms with Crippen LogP contribution in [-0.2, 0) is 0 Å². The van der Waals surface area contributed by atoms with Gasteiger partial charge in [-0.05, 0) is 39.3 Å². The zero-order chi connectivity index (χ0) is 16.2. The molecule has 0 aromatic heterocycles. The Bertz CT molecular complexity index is 335. The lowest BCUT2D eigenvalue weighted by Crippen LogP contribution is -2.29. The van der Waals surface area contributed by atoms with Crippen LogP contribution in [0.25, 0.3) is 0 Å². The lowest BCUT2D eigenvalue weighted by atomic mass is 11.2. The van der Waals surface area contributed by atoms with Gasteiger partial charge in [-0.1, -0.05) is 40.7 Å². The molecule has 20 heavy (non-hydrogen) atoms. The summed E-state index contributed by atoms with van der Waals surface area (Å²) in [6.07, 6.45) is 0. The fraction of sp³-hybridized carbons (Fsp3) is 0.538. The molecule has 0 aromatic rings. The van der Waals surface area contributed by atoms with Gasteiger partial charge in [0.1, 0.15) is 8.07 Å². The molecule has 0 aromatic carbocycles. The number of hydrogen-bond acceptors (Lipinski definition) is 0. The minimum absolute atomic E-state index is 1.60. The van der Waals surface area contributed by atoms with Gasteiger partial charge < -0.3 is 12.3 Å². The summed E-state index contributed by atoms with van der Waals surface area (Å²) in [5.41, 5.74) is 10.5. The Morgan fingerprint density at radius 2 is 0.650 bits per heavy atom. The molecule has 0 rings (SSSR count). The topological polar surface area (TPSA) is 0 Å². The van der Waals surface area contributed by atoms with Crippen molar-refractivity contribution in [3.63, 3.8) is 0 Å². The van der Waals surface area contributed by atoms with Gasteiger partial charge in [0, 0.05) is 0 Å². The Kier molecular flexibility index (Phi) is 6.72. The molecule has 0 bridgehead atoms. The Labute approximate surface area is 126 Å². The van der Waals surface area contributed by atoms with E-state index in [1.807, 2.05) is 23.6 Å². The SMILES string of the molecule is C[Si](C)(F)C=C[Si](C)(C=C[Si](C)(C)F)C=C[Si](C)(C)F. The van der Waals surface area contributed by atoms with Crippen molar-refractivity contribution in [1.82, 2.24) is 0 Å². The third kappa shape index (κ3) is 11.7. The normalized spacial score (nSPS) is 18.3. The van der Waals surface area contributed by atoms with E-state index in [1.165, 1.54) is 0 Å². The summed E-state index contributed by atoms with van der Waals surface area (Å²) in [7, 11) is -10.6. The molecular formula is C13H27F3Si4. The van der Waals surface area contributed by atoms with E-state index >= 15 is 0 Å². The van der Waals surface area contributed by atoms with Crippen LogP contribution in [0.3, 0.4) is 0 Å². The molecule has 0 atom stereocenters. The van der Waals surface area contributed by atoms with Gasteiger partial charge in [0.2, 0.25) is 0 Å². The monoisotopic (exact) mass is 352 g/mol. The van der Waals surface area contributed by atoms with Crippen molar-refractivity contribution in [3.8, 4) is 0 Å². The molecule has 7 heteroatoms.